The monoisotopic (exact) mass is 397 g/mol. The van der Waals surface area contributed by atoms with Crippen molar-refractivity contribution in [3.63, 3.8) is 0 Å². The minimum atomic E-state index is -0.296. The SMILES string of the molecule is CCN1C2CCC(C2)C1COc1ccc2c(c1)CN(N1C(=O)CCCC1=O)C2=O. The van der Waals surface area contributed by atoms with Gasteiger partial charge in [-0.3, -0.25) is 19.3 Å². The third kappa shape index (κ3) is 3.03. The fraction of sp³-hybridized carbons (Fsp3) is 0.591. The lowest BCUT2D eigenvalue weighted by atomic mass is 9.99. The lowest BCUT2D eigenvalue weighted by molar-refractivity contribution is -0.163. The Morgan fingerprint density at radius 1 is 1.10 bits per heavy atom. The predicted octanol–water partition coefficient (Wildman–Crippen LogP) is 2.35. The van der Waals surface area contributed by atoms with Crippen molar-refractivity contribution in [3.8, 4) is 5.75 Å². The number of fused-ring (bicyclic) bond motifs is 3. The van der Waals surface area contributed by atoms with Gasteiger partial charge in [0.2, 0.25) is 11.8 Å². The highest BCUT2D eigenvalue weighted by Crippen LogP contribution is 2.42. The van der Waals surface area contributed by atoms with Gasteiger partial charge in [0, 0.05) is 30.5 Å². The zero-order valence-electron chi connectivity index (χ0n) is 16.8. The van der Waals surface area contributed by atoms with E-state index < -0.39 is 0 Å². The maximum Gasteiger partial charge on any atom is 0.273 e. The molecule has 2 bridgehead atoms. The van der Waals surface area contributed by atoms with Crippen LogP contribution in [-0.4, -0.2) is 57.9 Å². The average Bonchev–Trinajstić information content (AvgIpc) is 3.40. The van der Waals surface area contributed by atoms with Crippen molar-refractivity contribution >= 4 is 17.7 Å². The Kier molecular flexibility index (Phi) is 4.57. The summed E-state index contributed by atoms with van der Waals surface area (Å²) < 4.78 is 6.14. The summed E-state index contributed by atoms with van der Waals surface area (Å²) in [4.78, 5) is 39.8. The van der Waals surface area contributed by atoms with Crippen LogP contribution in [0.5, 0.6) is 5.75 Å². The van der Waals surface area contributed by atoms with E-state index in [9.17, 15) is 14.4 Å². The van der Waals surface area contributed by atoms with Crippen LogP contribution in [0, 0.1) is 5.92 Å². The van der Waals surface area contributed by atoms with E-state index in [1.165, 1.54) is 24.3 Å². The van der Waals surface area contributed by atoms with Crippen molar-refractivity contribution in [1.82, 2.24) is 14.9 Å². The summed E-state index contributed by atoms with van der Waals surface area (Å²) >= 11 is 0. The normalized spacial score (nSPS) is 29.1. The molecule has 3 amide bonds. The van der Waals surface area contributed by atoms with Gasteiger partial charge in [-0.25, -0.2) is 5.01 Å². The van der Waals surface area contributed by atoms with Crippen LogP contribution in [0.3, 0.4) is 0 Å². The standard InChI is InChI=1S/C22H27N3O4/c1-2-23-16-7-6-14(10-16)19(23)13-29-17-8-9-18-15(11-17)12-24(22(18)28)25-20(26)4-3-5-21(25)27/h8-9,11,14,16,19H,2-7,10,12-13H2,1H3. The van der Waals surface area contributed by atoms with Gasteiger partial charge in [-0.1, -0.05) is 6.92 Å². The molecule has 1 aromatic carbocycles. The number of nitrogens with zero attached hydrogens (tertiary/aromatic N) is 3. The highest BCUT2D eigenvalue weighted by molar-refractivity contribution is 6.04. The second-order valence-electron chi connectivity index (χ2n) is 8.57. The van der Waals surface area contributed by atoms with Crippen LogP contribution in [0.1, 0.15) is 61.4 Å². The molecule has 0 spiro atoms. The van der Waals surface area contributed by atoms with Crippen molar-refractivity contribution < 1.29 is 19.1 Å². The van der Waals surface area contributed by atoms with Gasteiger partial charge < -0.3 is 4.74 Å². The van der Waals surface area contributed by atoms with Gasteiger partial charge in [-0.15, -0.1) is 0 Å². The van der Waals surface area contributed by atoms with Crippen LogP contribution in [0.25, 0.3) is 0 Å². The first-order valence-electron chi connectivity index (χ1n) is 10.8. The maximum atomic E-state index is 12.8. The minimum absolute atomic E-state index is 0.234. The fourth-order valence-corrected chi connectivity index (χ4v) is 5.63. The number of imide groups is 1. The number of rotatable bonds is 5. The van der Waals surface area contributed by atoms with E-state index in [4.69, 9.17) is 4.74 Å². The van der Waals surface area contributed by atoms with Crippen LogP contribution in [-0.2, 0) is 16.1 Å². The molecule has 3 fully saturated rings. The van der Waals surface area contributed by atoms with Crippen LogP contribution in [0.15, 0.2) is 18.2 Å². The molecule has 154 valence electrons. The van der Waals surface area contributed by atoms with Crippen LogP contribution < -0.4 is 4.74 Å². The van der Waals surface area contributed by atoms with E-state index in [0.29, 0.717) is 43.5 Å². The van der Waals surface area contributed by atoms with Crippen molar-refractivity contribution in [2.24, 2.45) is 5.92 Å². The Balaban J connectivity index is 1.29. The molecule has 0 radical (unpaired) electrons. The number of amides is 3. The molecule has 7 heteroatoms. The fourth-order valence-electron chi connectivity index (χ4n) is 5.63. The number of likely N-dealkylation sites (N-methyl/N-ethyl adjacent to an activating group) is 1. The third-order valence-electron chi connectivity index (χ3n) is 7.03. The first-order chi connectivity index (χ1) is 14.1. The zero-order chi connectivity index (χ0) is 20.1. The molecule has 5 rings (SSSR count). The lowest BCUT2D eigenvalue weighted by Crippen LogP contribution is -2.51. The molecule has 3 aliphatic heterocycles. The molecule has 1 aliphatic carbocycles. The van der Waals surface area contributed by atoms with E-state index in [-0.39, 0.29) is 24.3 Å². The molecule has 0 aromatic heterocycles. The highest BCUT2D eigenvalue weighted by atomic mass is 16.5. The predicted molar refractivity (Wildman–Crippen MR) is 105 cm³/mol. The van der Waals surface area contributed by atoms with Gasteiger partial charge >= 0.3 is 0 Å². The number of hydrazine groups is 1. The van der Waals surface area contributed by atoms with E-state index >= 15 is 0 Å². The molecular weight excluding hydrogens is 370 g/mol. The Morgan fingerprint density at radius 2 is 1.90 bits per heavy atom. The molecule has 3 heterocycles. The minimum Gasteiger partial charge on any atom is -0.492 e. The second kappa shape index (κ2) is 7.13. The highest BCUT2D eigenvalue weighted by Gasteiger charge is 2.45. The number of likely N-dealkylation sites (tertiary alicyclic amines) is 1. The first kappa shape index (κ1) is 18.6. The molecule has 7 nitrogen and oxygen atoms in total. The smallest absolute Gasteiger partial charge is 0.273 e. The van der Waals surface area contributed by atoms with E-state index in [0.717, 1.165) is 28.8 Å². The summed E-state index contributed by atoms with van der Waals surface area (Å²) in [5.74, 6) is 0.584. The molecule has 2 saturated heterocycles. The third-order valence-corrected chi connectivity index (χ3v) is 7.03. The summed E-state index contributed by atoms with van der Waals surface area (Å²) in [6.07, 6.45) is 5.04. The number of benzene rings is 1. The number of carbonyl (C=O) groups is 3. The molecule has 3 atom stereocenters. The van der Waals surface area contributed by atoms with Gasteiger partial charge in [0.05, 0.1) is 6.54 Å². The molecule has 4 aliphatic rings. The average molecular weight is 397 g/mol. The largest absolute Gasteiger partial charge is 0.492 e. The summed E-state index contributed by atoms with van der Waals surface area (Å²) in [7, 11) is 0. The Morgan fingerprint density at radius 3 is 2.66 bits per heavy atom. The van der Waals surface area contributed by atoms with Gasteiger partial charge in [0.1, 0.15) is 12.4 Å². The topological polar surface area (TPSA) is 70.2 Å². The van der Waals surface area contributed by atoms with Crippen molar-refractivity contribution in [2.45, 2.75) is 64.1 Å². The number of piperidine rings is 2. The van der Waals surface area contributed by atoms with E-state index in [2.05, 4.69) is 11.8 Å². The number of ether oxygens (including phenoxy) is 1. The Labute approximate surface area is 170 Å². The number of hydrogen-bond acceptors (Lipinski definition) is 5. The second-order valence-corrected chi connectivity index (χ2v) is 8.57. The summed E-state index contributed by atoms with van der Waals surface area (Å²) in [6, 6.07) is 6.64. The van der Waals surface area contributed by atoms with Gasteiger partial charge in [-0.2, -0.15) is 5.01 Å². The van der Waals surface area contributed by atoms with Crippen LogP contribution >= 0.6 is 0 Å². The van der Waals surface area contributed by atoms with E-state index in [1.807, 2.05) is 12.1 Å². The first-order valence-corrected chi connectivity index (χ1v) is 10.8. The molecule has 1 saturated carbocycles. The molecule has 1 aromatic rings. The summed E-state index contributed by atoms with van der Waals surface area (Å²) in [5.41, 5.74) is 1.34. The quantitative estimate of drug-likeness (QED) is 0.714. The van der Waals surface area contributed by atoms with Crippen molar-refractivity contribution in [1.29, 1.82) is 0 Å². The zero-order valence-corrected chi connectivity index (χ0v) is 16.8. The molecule has 29 heavy (non-hydrogen) atoms. The molecule has 0 N–H and O–H groups in total. The van der Waals surface area contributed by atoms with Crippen LogP contribution in [0.2, 0.25) is 0 Å². The molecular formula is C22H27N3O4. The molecule has 3 unspecified atom stereocenters. The summed E-state index contributed by atoms with van der Waals surface area (Å²) in [5, 5.41) is 2.33. The Hall–Kier alpha value is -2.41. The summed E-state index contributed by atoms with van der Waals surface area (Å²) in [6.45, 7) is 4.17. The van der Waals surface area contributed by atoms with Gasteiger partial charge in [0.25, 0.3) is 5.91 Å². The van der Waals surface area contributed by atoms with Gasteiger partial charge in [-0.05, 0) is 61.9 Å². The Bertz CT molecular complexity index is 854. The van der Waals surface area contributed by atoms with Crippen LogP contribution in [0.4, 0.5) is 0 Å². The van der Waals surface area contributed by atoms with Crippen molar-refractivity contribution in [2.75, 3.05) is 13.2 Å². The lowest BCUT2D eigenvalue weighted by Gasteiger charge is -2.34. The van der Waals surface area contributed by atoms with Gasteiger partial charge in [0.15, 0.2) is 0 Å². The van der Waals surface area contributed by atoms with E-state index in [1.54, 1.807) is 6.07 Å². The number of carbonyl (C=O) groups excluding carboxylic acids is 3. The van der Waals surface area contributed by atoms with Crippen molar-refractivity contribution in [3.05, 3.63) is 29.3 Å². The number of hydrogen-bond donors (Lipinski definition) is 0. The maximum absolute atomic E-state index is 12.8.